The molecule has 1 aliphatic rings. The topological polar surface area (TPSA) is 80.6 Å². The van der Waals surface area contributed by atoms with E-state index in [-0.39, 0.29) is 12.6 Å². The molecule has 1 aromatic heterocycles. The van der Waals surface area contributed by atoms with Crippen LogP contribution in [0, 0.1) is 0 Å². The van der Waals surface area contributed by atoms with Crippen LogP contribution in [-0.4, -0.2) is 24.4 Å². The molecule has 7 heteroatoms. The van der Waals surface area contributed by atoms with Gasteiger partial charge in [-0.3, -0.25) is 0 Å². The molecule has 0 spiro atoms. The summed E-state index contributed by atoms with van der Waals surface area (Å²) in [6, 6.07) is 12.4. The number of furan rings is 1. The zero-order chi connectivity index (χ0) is 18.4. The highest BCUT2D eigenvalue weighted by atomic mass is 32.2. The summed E-state index contributed by atoms with van der Waals surface area (Å²) in [5, 5.41) is 5.48. The highest BCUT2D eigenvalue weighted by molar-refractivity contribution is 7.98. The van der Waals surface area contributed by atoms with E-state index in [1.165, 1.54) is 11.8 Å². The van der Waals surface area contributed by atoms with E-state index < -0.39 is 12.0 Å². The minimum absolute atomic E-state index is 0.256. The molecular formula is C19H20N2O4S. The Labute approximate surface area is 156 Å². The molecule has 0 saturated carbocycles. The van der Waals surface area contributed by atoms with Crippen molar-refractivity contribution >= 4 is 23.8 Å². The highest BCUT2D eigenvalue weighted by Crippen LogP contribution is 2.29. The molecule has 0 unspecified atom stereocenters. The van der Waals surface area contributed by atoms with E-state index in [9.17, 15) is 9.59 Å². The SMILES string of the molecule is CCOC(=O)C1=C(CSCc2ccccc2)NC(=O)N[C@@H]1c1ccco1. The molecule has 2 N–H and O–H groups in total. The standard InChI is InChI=1S/C19H20N2O4S/c1-2-24-18(22)16-14(12-26-11-13-7-4-3-5-8-13)20-19(23)21-17(16)15-9-6-10-25-15/h3-10,17H,2,11-12H2,1H3,(H2,20,21,23)/t17-/m1/s1. The molecule has 0 radical (unpaired) electrons. The van der Waals surface area contributed by atoms with E-state index in [0.717, 1.165) is 5.75 Å². The monoisotopic (exact) mass is 372 g/mol. The van der Waals surface area contributed by atoms with Crippen molar-refractivity contribution in [3.8, 4) is 0 Å². The van der Waals surface area contributed by atoms with Crippen molar-refractivity contribution in [2.75, 3.05) is 12.4 Å². The number of hydrogen-bond donors (Lipinski definition) is 2. The molecule has 0 fully saturated rings. The summed E-state index contributed by atoms with van der Waals surface area (Å²) in [5.74, 6) is 1.29. The number of amides is 2. The number of benzene rings is 1. The molecule has 6 nitrogen and oxygen atoms in total. The van der Waals surface area contributed by atoms with Crippen molar-refractivity contribution in [3.05, 3.63) is 71.3 Å². The van der Waals surface area contributed by atoms with Crippen LogP contribution in [-0.2, 0) is 15.3 Å². The number of urea groups is 1. The van der Waals surface area contributed by atoms with E-state index in [1.54, 1.807) is 30.8 Å². The van der Waals surface area contributed by atoms with Crippen LogP contribution >= 0.6 is 11.8 Å². The van der Waals surface area contributed by atoms with Crippen LogP contribution in [0.15, 0.2) is 64.4 Å². The third-order valence-electron chi connectivity index (χ3n) is 3.83. The molecule has 2 aromatic rings. The molecule has 0 aliphatic carbocycles. The van der Waals surface area contributed by atoms with Crippen LogP contribution in [0.25, 0.3) is 0 Å². The molecule has 26 heavy (non-hydrogen) atoms. The second-order valence-corrected chi connectivity index (χ2v) is 6.62. The smallest absolute Gasteiger partial charge is 0.338 e. The molecule has 136 valence electrons. The number of hydrogen-bond acceptors (Lipinski definition) is 5. The van der Waals surface area contributed by atoms with E-state index in [2.05, 4.69) is 10.6 Å². The van der Waals surface area contributed by atoms with Gasteiger partial charge in [0.15, 0.2) is 0 Å². The lowest BCUT2D eigenvalue weighted by Gasteiger charge is -2.27. The second kappa shape index (κ2) is 8.62. The van der Waals surface area contributed by atoms with Crippen LogP contribution in [0.5, 0.6) is 0 Å². The normalized spacial score (nSPS) is 16.8. The van der Waals surface area contributed by atoms with Crippen molar-refractivity contribution in [1.29, 1.82) is 0 Å². The molecule has 3 rings (SSSR count). The van der Waals surface area contributed by atoms with Gasteiger partial charge in [-0.05, 0) is 24.6 Å². The Kier molecular flexibility index (Phi) is 6.01. The van der Waals surface area contributed by atoms with Crippen molar-refractivity contribution in [1.82, 2.24) is 10.6 Å². The molecule has 0 bridgehead atoms. The lowest BCUT2D eigenvalue weighted by atomic mass is 10.0. The number of nitrogens with one attached hydrogen (secondary N) is 2. The van der Waals surface area contributed by atoms with Gasteiger partial charge in [0.25, 0.3) is 0 Å². The van der Waals surface area contributed by atoms with Gasteiger partial charge in [0.2, 0.25) is 0 Å². The Hall–Kier alpha value is -2.67. The number of ether oxygens (including phenoxy) is 1. The largest absolute Gasteiger partial charge is 0.467 e. The summed E-state index contributed by atoms with van der Waals surface area (Å²) >= 11 is 1.61. The Morgan fingerprint density at radius 1 is 1.19 bits per heavy atom. The third-order valence-corrected chi connectivity index (χ3v) is 4.86. The number of rotatable bonds is 7. The fourth-order valence-electron chi connectivity index (χ4n) is 2.70. The highest BCUT2D eigenvalue weighted by Gasteiger charge is 2.35. The lowest BCUT2D eigenvalue weighted by Crippen LogP contribution is -2.46. The Balaban J connectivity index is 1.83. The fraction of sp³-hybridized carbons (Fsp3) is 0.263. The van der Waals surface area contributed by atoms with Crippen molar-refractivity contribution in [3.63, 3.8) is 0 Å². The first-order valence-electron chi connectivity index (χ1n) is 8.31. The molecule has 2 amide bonds. The summed E-state index contributed by atoms with van der Waals surface area (Å²) < 4.78 is 10.6. The first-order chi connectivity index (χ1) is 12.7. The predicted molar refractivity (Wildman–Crippen MR) is 99.4 cm³/mol. The van der Waals surface area contributed by atoms with E-state index in [4.69, 9.17) is 9.15 Å². The van der Waals surface area contributed by atoms with Gasteiger partial charge < -0.3 is 19.8 Å². The average molecular weight is 372 g/mol. The van der Waals surface area contributed by atoms with Crippen LogP contribution in [0.4, 0.5) is 4.79 Å². The second-order valence-electron chi connectivity index (χ2n) is 5.64. The van der Waals surface area contributed by atoms with Crippen LogP contribution < -0.4 is 10.6 Å². The van der Waals surface area contributed by atoms with Gasteiger partial charge in [-0.2, -0.15) is 11.8 Å². The van der Waals surface area contributed by atoms with Crippen molar-refractivity contribution < 1.29 is 18.7 Å². The summed E-state index contributed by atoms with van der Waals surface area (Å²) in [6.07, 6.45) is 1.51. The lowest BCUT2D eigenvalue weighted by molar-refractivity contribution is -0.139. The van der Waals surface area contributed by atoms with Gasteiger partial charge in [-0.15, -0.1) is 0 Å². The molecule has 0 saturated heterocycles. The van der Waals surface area contributed by atoms with E-state index in [1.807, 2.05) is 30.3 Å². The quantitative estimate of drug-likeness (QED) is 0.728. The van der Waals surface area contributed by atoms with Gasteiger partial charge in [0, 0.05) is 17.2 Å². The summed E-state index contributed by atoms with van der Waals surface area (Å²) in [4.78, 5) is 24.6. The minimum Gasteiger partial charge on any atom is -0.467 e. The molecule has 2 heterocycles. The summed E-state index contributed by atoms with van der Waals surface area (Å²) in [7, 11) is 0. The maximum atomic E-state index is 12.5. The van der Waals surface area contributed by atoms with Gasteiger partial charge in [0.1, 0.15) is 11.8 Å². The number of carbonyl (C=O) groups is 2. The molecule has 1 atom stereocenters. The molecular weight excluding hydrogens is 352 g/mol. The van der Waals surface area contributed by atoms with Crippen LogP contribution in [0.1, 0.15) is 24.3 Å². The first-order valence-corrected chi connectivity index (χ1v) is 9.47. The van der Waals surface area contributed by atoms with Gasteiger partial charge >= 0.3 is 12.0 Å². The summed E-state index contributed by atoms with van der Waals surface area (Å²) in [5.41, 5.74) is 2.11. The maximum Gasteiger partial charge on any atom is 0.338 e. The van der Waals surface area contributed by atoms with Crippen molar-refractivity contribution in [2.24, 2.45) is 0 Å². The zero-order valence-electron chi connectivity index (χ0n) is 14.4. The maximum absolute atomic E-state index is 12.5. The third kappa shape index (κ3) is 4.29. The fourth-order valence-corrected chi connectivity index (χ4v) is 3.66. The molecule has 1 aliphatic heterocycles. The zero-order valence-corrected chi connectivity index (χ0v) is 15.2. The van der Waals surface area contributed by atoms with Gasteiger partial charge in [-0.25, -0.2) is 9.59 Å². The molecule has 1 aromatic carbocycles. The van der Waals surface area contributed by atoms with Crippen LogP contribution in [0.2, 0.25) is 0 Å². The van der Waals surface area contributed by atoms with Crippen LogP contribution in [0.3, 0.4) is 0 Å². The summed E-state index contributed by atoms with van der Waals surface area (Å²) in [6.45, 7) is 2.00. The predicted octanol–water partition coefficient (Wildman–Crippen LogP) is 3.38. The van der Waals surface area contributed by atoms with Crippen molar-refractivity contribution in [2.45, 2.75) is 18.7 Å². The number of carbonyl (C=O) groups excluding carboxylic acids is 2. The first kappa shape index (κ1) is 18.1. The van der Waals surface area contributed by atoms with E-state index in [0.29, 0.717) is 22.8 Å². The Morgan fingerprint density at radius 2 is 2.00 bits per heavy atom. The average Bonchev–Trinajstić information content (AvgIpc) is 3.17. The van der Waals surface area contributed by atoms with Gasteiger partial charge in [0.05, 0.1) is 18.4 Å². The van der Waals surface area contributed by atoms with E-state index >= 15 is 0 Å². The van der Waals surface area contributed by atoms with Gasteiger partial charge in [-0.1, -0.05) is 30.3 Å². The number of esters is 1. The Bertz CT molecular complexity index is 787. The minimum atomic E-state index is -0.662. The Morgan fingerprint density at radius 3 is 2.69 bits per heavy atom. The number of thioether (sulfide) groups is 1.